The van der Waals surface area contributed by atoms with Crippen LogP contribution < -0.4 is 0 Å². The molecule has 14 heavy (non-hydrogen) atoms. The van der Waals surface area contributed by atoms with E-state index >= 15 is 0 Å². The van der Waals surface area contributed by atoms with Crippen LogP contribution >= 0.6 is 23.5 Å². The maximum atomic E-state index is 10.1. The number of hydrogen-bond acceptors (Lipinski definition) is 6. The fourth-order valence-electron chi connectivity index (χ4n) is 1.13. The molecule has 1 saturated heterocycles. The molecule has 0 unspecified atom stereocenters. The first-order valence-corrected chi connectivity index (χ1v) is 6.25. The summed E-state index contributed by atoms with van der Waals surface area (Å²) in [6.45, 7) is 2.13. The van der Waals surface area contributed by atoms with Crippen LogP contribution in [0.2, 0.25) is 0 Å². The Labute approximate surface area is 90.6 Å². The molecule has 1 aliphatic rings. The van der Waals surface area contributed by atoms with Gasteiger partial charge in [-0.25, -0.2) is 9.59 Å². The predicted molar refractivity (Wildman–Crippen MR) is 57.9 cm³/mol. The third-order valence-electron chi connectivity index (χ3n) is 1.88. The van der Waals surface area contributed by atoms with E-state index in [2.05, 4.69) is 16.9 Å². The molecule has 76 valence electrons. The normalized spacial score (nSPS) is 28.4. The van der Waals surface area contributed by atoms with Crippen molar-refractivity contribution >= 4 is 35.7 Å². The molecule has 0 N–H and O–H groups in total. The van der Waals surface area contributed by atoms with Gasteiger partial charge in [0.05, 0.1) is 0 Å². The maximum absolute atomic E-state index is 10.1. The Morgan fingerprint density at radius 1 is 1.21 bits per heavy atom. The van der Waals surface area contributed by atoms with Crippen molar-refractivity contribution in [3.63, 3.8) is 0 Å². The molecule has 0 aromatic carbocycles. The number of thioether (sulfide) groups is 2. The van der Waals surface area contributed by atoms with Gasteiger partial charge in [0.25, 0.3) is 0 Å². The first-order chi connectivity index (χ1) is 6.77. The molecule has 0 aromatic heterocycles. The zero-order chi connectivity index (χ0) is 10.4. The fourth-order valence-corrected chi connectivity index (χ4v) is 3.76. The van der Waals surface area contributed by atoms with Crippen LogP contribution in [0.4, 0.5) is 0 Å². The zero-order valence-corrected chi connectivity index (χ0v) is 9.31. The third kappa shape index (κ3) is 3.31. The summed E-state index contributed by atoms with van der Waals surface area (Å²) in [7, 11) is 0. The van der Waals surface area contributed by atoms with Crippen LogP contribution in [0, 0.1) is 5.92 Å². The van der Waals surface area contributed by atoms with Crippen LogP contribution in [-0.4, -0.2) is 34.4 Å². The lowest BCUT2D eigenvalue weighted by molar-refractivity contribution is 0.500. The summed E-state index contributed by atoms with van der Waals surface area (Å²) in [6, 6.07) is 0. The number of carbonyl (C=O) groups excluding carboxylic acids is 2. The van der Waals surface area contributed by atoms with E-state index in [0.717, 1.165) is 11.5 Å². The lowest BCUT2D eigenvalue weighted by atomic mass is 10.1. The van der Waals surface area contributed by atoms with Gasteiger partial charge < -0.3 is 0 Å². The van der Waals surface area contributed by atoms with Gasteiger partial charge in [-0.3, -0.25) is 0 Å². The Kier molecular flexibility index (Phi) is 4.98. The van der Waals surface area contributed by atoms with E-state index in [1.807, 2.05) is 0 Å². The van der Waals surface area contributed by atoms with Crippen molar-refractivity contribution < 1.29 is 9.59 Å². The van der Waals surface area contributed by atoms with Gasteiger partial charge in [-0.2, -0.15) is 9.98 Å². The van der Waals surface area contributed by atoms with Crippen LogP contribution in [0.3, 0.4) is 0 Å². The summed E-state index contributed by atoms with van der Waals surface area (Å²) in [5, 5.41) is 0. The Balaban J connectivity index is 2.60. The maximum Gasteiger partial charge on any atom is 0.237 e. The number of rotatable bonds is 3. The summed E-state index contributed by atoms with van der Waals surface area (Å²) in [5.74, 6) is 1.88. The van der Waals surface area contributed by atoms with E-state index in [4.69, 9.17) is 0 Å². The molecule has 0 aliphatic carbocycles. The van der Waals surface area contributed by atoms with Crippen molar-refractivity contribution in [3.05, 3.63) is 0 Å². The van der Waals surface area contributed by atoms with Gasteiger partial charge in [0, 0.05) is 22.0 Å². The van der Waals surface area contributed by atoms with Crippen LogP contribution in [0.1, 0.15) is 6.92 Å². The number of hydrogen-bond donors (Lipinski definition) is 0. The monoisotopic (exact) mass is 230 g/mol. The van der Waals surface area contributed by atoms with Gasteiger partial charge in [0.15, 0.2) is 6.17 Å². The fraction of sp³-hybridized carbons (Fsp3) is 0.750. The molecule has 0 atom stereocenters. The second-order valence-corrected chi connectivity index (χ2v) is 5.89. The second-order valence-electron chi connectivity index (χ2n) is 2.85. The van der Waals surface area contributed by atoms with Crippen LogP contribution in [0.5, 0.6) is 0 Å². The molecule has 1 aliphatic heterocycles. The van der Waals surface area contributed by atoms with E-state index in [9.17, 15) is 9.59 Å². The second kappa shape index (κ2) is 6.04. The molecule has 0 saturated carbocycles. The minimum absolute atomic E-state index is 0.143. The highest BCUT2D eigenvalue weighted by Crippen LogP contribution is 2.35. The Bertz CT molecular complexity index is 259. The van der Waals surface area contributed by atoms with Crippen molar-refractivity contribution in [1.82, 2.24) is 0 Å². The standard InChI is InChI=1S/C8H10N2O2S2/c1-6-13-2-7(3-14-6)8(9-4-11)10-5-12/h6-8H,2-3H2,1H3. The quantitative estimate of drug-likeness (QED) is 0.543. The largest absolute Gasteiger partial charge is 0.237 e. The predicted octanol–water partition coefficient (Wildman–Crippen LogP) is 1.43. The SMILES string of the molecule is CC1SCC(C(N=C=O)N=C=O)CS1. The topological polar surface area (TPSA) is 58.9 Å². The zero-order valence-electron chi connectivity index (χ0n) is 7.67. The molecule has 0 radical (unpaired) electrons. The van der Waals surface area contributed by atoms with Crippen molar-refractivity contribution in [3.8, 4) is 0 Å². The first-order valence-electron chi connectivity index (χ1n) is 4.15. The summed E-state index contributed by atoms with van der Waals surface area (Å²) < 4.78 is 0.562. The average Bonchev–Trinajstić information content (AvgIpc) is 2.19. The molecule has 0 spiro atoms. The van der Waals surface area contributed by atoms with Crippen molar-refractivity contribution in [1.29, 1.82) is 0 Å². The van der Waals surface area contributed by atoms with Gasteiger partial charge >= 0.3 is 0 Å². The van der Waals surface area contributed by atoms with E-state index < -0.39 is 6.17 Å². The highest BCUT2D eigenvalue weighted by Gasteiger charge is 2.26. The van der Waals surface area contributed by atoms with Gasteiger partial charge in [0.2, 0.25) is 12.2 Å². The minimum atomic E-state index is -0.586. The lowest BCUT2D eigenvalue weighted by Gasteiger charge is -2.26. The molecular weight excluding hydrogens is 220 g/mol. The highest BCUT2D eigenvalue weighted by molar-refractivity contribution is 8.17. The smallest absolute Gasteiger partial charge is 0.211 e. The molecule has 4 nitrogen and oxygen atoms in total. The molecule has 1 fully saturated rings. The summed E-state index contributed by atoms with van der Waals surface area (Å²) >= 11 is 3.58. The third-order valence-corrected chi connectivity index (χ3v) is 4.88. The Hall–Kier alpha value is -0.540. The van der Waals surface area contributed by atoms with Crippen molar-refractivity contribution in [2.75, 3.05) is 11.5 Å². The van der Waals surface area contributed by atoms with E-state index in [1.165, 1.54) is 12.2 Å². The van der Waals surface area contributed by atoms with Crippen LogP contribution in [0.25, 0.3) is 0 Å². The summed E-state index contributed by atoms with van der Waals surface area (Å²) in [5.41, 5.74) is 0. The van der Waals surface area contributed by atoms with Crippen LogP contribution in [0.15, 0.2) is 9.98 Å². The van der Waals surface area contributed by atoms with Crippen molar-refractivity contribution in [2.24, 2.45) is 15.9 Å². The molecule has 0 aromatic rings. The molecule has 6 heteroatoms. The summed E-state index contributed by atoms with van der Waals surface area (Å²) in [6.07, 6.45) is 2.30. The molecule has 1 heterocycles. The Morgan fingerprint density at radius 2 is 1.71 bits per heavy atom. The molecule has 0 amide bonds. The first kappa shape index (κ1) is 11.5. The van der Waals surface area contributed by atoms with Gasteiger partial charge in [0.1, 0.15) is 0 Å². The van der Waals surface area contributed by atoms with Gasteiger partial charge in [-0.05, 0) is 6.92 Å². The van der Waals surface area contributed by atoms with Gasteiger partial charge in [-0.1, -0.05) is 0 Å². The number of aliphatic imine (C=N–C) groups is 2. The molecule has 1 rings (SSSR count). The Morgan fingerprint density at radius 3 is 2.14 bits per heavy atom. The van der Waals surface area contributed by atoms with E-state index in [1.54, 1.807) is 23.5 Å². The van der Waals surface area contributed by atoms with Gasteiger partial charge in [-0.15, -0.1) is 23.5 Å². The average molecular weight is 230 g/mol. The van der Waals surface area contributed by atoms with E-state index in [-0.39, 0.29) is 5.92 Å². The number of nitrogens with zero attached hydrogens (tertiary/aromatic N) is 2. The highest BCUT2D eigenvalue weighted by atomic mass is 32.2. The van der Waals surface area contributed by atoms with E-state index in [0.29, 0.717) is 4.58 Å². The lowest BCUT2D eigenvalue weighted by Crippen LogP contribution is -2.26. The van der Waals surface area contributed by atoms with Crippen LogP contribution in [-0.2, 0) is 9.59 Å². The number of isocyanates is 2. The minimum Gasteiger partial charge on any atom is -0.211 e. The molecule has 0 bridgehead atoms. The van der Waals surface area contributed by atoms with Crippen molar-refractivity contribution in [2.45, 2.75) is 17.7 Å². The molecular formula is C8H10N2O2S2. The summed E-state index contributed by atoms with van der Waals surface area (Å²) in [4.78, 5) is 27.2.